The number of hydrogen-bond acceptors (Lipinski definition) is 6. The van der Waals surface area contributed by atoms with Crippen LogP contribution in [0.2, 0.25) is 0 Å². The first kappa shape index (κ1) is 19.6. The van der Waals surface area contributed by atoms with Crippen molar-refractivity contribution in [1.29, 1.82) is 0 Å². The number of nitrogens with zero attached hydrogens (tertiary/aromatic N) is 4. The minimum Gasteiger partial charge on any atom is -0.496 e. The van der Waals surface area contributed by atoms with Gasteiger partial charge in [-0.15, -0.1) is 0 Å². The fourth-order valence-corrected chi connectivity index (χ4v) is 4.08. The lowest BCUT2D eigenvalue weighted by atomic mass is 9.83. The van der Waals surface area contributed by atoms with Gasteiger partial charge in [-0.25, -0.2) is 14.4 Å². The molecule has 0 atom stereocenters. The van der Waals surface area contributed by atoms with E-state index in [0.29, 0.717) is 44.2 Å². The highest BCUT2D eigenvalue weighted by molar-refractivity contribution is 5.97. The Kier molecular flexibility index (Phi) is 5.12. The van der Waals surface area contributed by atoms with Crippen LogP contribution in [0, 0.1) is 5.82 Å². The Morgan fingerprint density at radius 1 is 1.31 bits per heavy atom. The van der Waals surface area contributed by atoms with Crippen LogP contribution in [0.15, 0.2) is 24.4 Å². The number of aromatic nitrogens is 2. The van der Waals surface area contributed by atoms with Crippen molar-refractivity contribution in [2.75, 3.05) is 45.8 Å². The molecule has 3 heterocycles. The Balaban J connectivity index is 1.57. The zero-order valence-electron chi connectivity index (χ0n) is 16.9. The molecule has 1 spiro atoms. The number of piperidine rings is 1. The van der Waals surface area contributed by atoms with Crippen LogP contribution in [-0.4, -0.2) is 61.7 Å². The molecule has 2 aliphatic rings. The molecule has 0 bridgehead atoms. The predicted octanol–water partition coefficient (Wildman–Crippen LogP) is 2.39. The summed E-state index contributed by atoms with van der Waals surface area (Å²) in [5, 5.41) is 0. The van der Waals surface area contributed by atoms with Crippen LogP contribution < -0.4 is 9.64 Å². The van der Waals surface area contributed by atoms with Crippen LogP contribution in [0.3, 0.4) is 0 Å². The fourth-order valence-electron chi connectivity index (χ4n) is 4.08. The number of rotatable bonds is 3. The van der Waals surface area contributed by atoms with E-state index in [9.17, 15) is 9.18 Å². The summed E-state index contributed by atoms with van der Waals surface area (Å²) in [7, 11) is 5.29. The molecule has 29 heavy (non-hydrogen) atoms. The van der Waals surface area contributed by atoms with Gasteiger partial charge in [0.1, 0.15) is 17.2 Å². The molecular weight excluding hydrogens is 375 g/mol. The van der Waals surface area contributed by atoms with Gasteiger partial charge in [0.05, 0.1) is 25.0 Å². The van der Waals surface area contributed by atoms with Crippen LogP contribution in [-0.2, 0) is 16.8 Å². The summed E-state index contributed by atoms with van der Waals surface area (Å²) in [5.74, 6) is 0.333. The topological polar surface area (TPSA) is 67.8 Å². The summed E-state index contributed by atoms with van der Waals surface area (Å²) in [6.07, 6.45) is 3.94. The van der Waals surface area contributed by atoms with Crippen LogP contribution in [0.25, 0.3) is 0 Å². The smallest absolute Gasteiger partial charge is 0.257 e. The average Bonchev–Trinajstić information content (AvgIpc) is 2.74. The molecule has 0 aliphatic carbocycles. The summed E-state index contributed by atoms with van der Waals surface area (Å²) < 4.78 is 25.2. The number of amides is 1. The van der Waals surface area contributed by atoms with E-state index in [4.69, 9.17) is 14.5 Å². The van der Waals surface area contributed by atoms with Crippen molar-refractivity contribution in [2.24, 2.45) is 0 Å². The van der Waals surface area contributed by atoms with Gasteiger partial charge >= 0.3 is 0 Å². The van der Waals surface area contributed by atoms with E-state index in [1.165, 1.54) is 25.3 Å². The Labute approximate surface area is 169 Å². The highest BCUT2D eigenvalue weighted by atomic mass is 19.1. The molecule has 154 valence electrons. The summed E-state index contributed by atoms with van der Waals surface area (Å²) in [5.41, 5.74) is 1.77. The van der Waals surface area contributed by atoms with Crippen LogP contribution in [0.4, 0.5) is 10.3 Å². The summed E-state index contributed by atoms with van der Waals surface area (Å²) >= 11 is 0. The van der Waals surface area contributed by atoms with Gasteiger partial charge in [-0.3, -0.25) is 4.79 Å². The third kappa shape index (κ3) is 3.53. The molecule has 1 fully saturated rings. The standard InChI is InChI=1S/C21H25FN4O3/c1-25(2)20-23-13-14-6-11-29-21(18(14)24-20)7-9-26(10-8-21)19(27)16-12-15(22)4-5-17(16)28-3/h4-5,12-13H,6-11H2,1-3H3. The third-order valence-electron chi connectivity index (χ3n) is 5.68. The number of methoxy groups -OCH3 is 1. The number of benzene rings is 1. The molecule has 0 N–H and O–H groups in total. The van der Waals surface area contributed by atoms with Crippen molar-refractivity contribution in [2.45, 2.75) is 24.9 Å². The first-order valence-electron chi connectivity index (χ1n) is 9.74. The first-order chi connectivity index (χ1) is 13.9. The molecule has 0 radical (unpaired) electrons. The normalized spacial score (nSPS) is 17.7. The van der Waals surface area contributed by atoms with Crippen LogP contribution in [0.5, 0.6) is 5.75 Å². The Hall–Kier alpha value is -2.74. The van der Waals surface area contributed by atoms with Gasteiger partial charge in [-0.2, -0.15) is 0 Å². The molecule has 0 saturated carbocycles. The maximum absolute atomic E-state index is 13.7. The maximum atomic E-state index is 13.7. The summed E-state index contributed by atoms with van der Waals surface area (Å²) in [6, 6.07) is 4.00. The van der Waals surface area contributed by atoms with Gasteiger partial charge in [-0.05, 0) is 43.0 Å². The minimum absolute atomic E-state index is 0.232. The van der Waals surface area contributed by atoms with Gasteiger partial charge in [0.2, 0.25) is 5.95 Å². The molecule has 7 nitrogen and oxygen atoms in total. The molecule has 4 rings (SSSR count). The van der Waals surface area contributed by atoms with Crippen molar-refractivity contribution in [3.8, 4) is 5.75 Å². The van der Waals surface area contributed by atoms with E-state index >= 15 is 0 Å². The lowest BCUT2D eigenvalue weighted by Crippen LogP contribution is -2.49. The van der Waals surface area contributed by atoms with Crippen molar-refractivity contribution in [3.63, 3.8) is 0 Å². The summed E-state index contributed by atoms with van der Waals surface area (Å²) in [4.78, 5) is 25.8. The number of fused-ring (bicyclic) bond motifs is 2. The summed E-state index contributed by atoms with van der Waals surface area (Å²) in [6.45, 7) is 1.61. The lowest BCUT2D eigenvalue weighted by molar-refractivity contribution is -0.0967. The number of ether oxygens (including phenoxy) is 2. The number of halogens is 1. The Morgan fingerprint density at radius 3 is 2.76 bits per heavy atom. The molecule has 2 aromatic rings. The quantitative estimate of drug-likeness (QED) is 0.788. The zero-order valence-corrected chi connectivity index (χ0v) is 16.9. The van der Waals surface area contributed by atoms with Crippen LogP contribution in [0.1, 0.15) is 34.5 Å². The third-order valence-corrected chi connectivity index (χ3v) is 5.68. The van der Waals surface area contributed by atoms with Gasteiger partial charge < -0.3 is 19.3 Å². The number of carbonyl (C=O) groups excluding carboxylic acids is 1. The predicted molar refractivity (Wildman–Crippen MR) is 106 cm³/mol. The molecule has 1 amide bonds. The van der Waals surface area contributed by atoms with E-state index in [0.717, 1.165) is 17.7 Å². The largest absolute Gasteiger partial charge is 0.496 e. The second-order valence-corrected chi connectivity index (χ2v) is 7.67. The molecular formula is C21H25FN4O3. The molecule has 1 aromatic heterocycles. The van der Waals surface area contributed by atoms with Crippen molar-refractivity contribution in [1.82, 2.24) is 14.9 Å². The number of likely N-dealkylation sites (tertiary alicyclic amines) is 1. The van der Waals surface area contributed by atoms with Gasteiger partial charge in [-0.1, -0.05) is 0 Å². The van der Waals surface area contributed by atoms with E-state index in [1.807, 2.05) is 25.2 Å². The molecule has 0 unspecified atom stereocenters. The van der Waals surface area contributed by atoms with Crippen LogP contribution >= 0.6 is 0 Å². The Morgan fingerprint density at radius 2 is 2.07 bits per heavy atom. The molecule has 1 saturated heterocycles. The van der Waals surface area contributed by atoms with Crippen molar-refractivity contribution < 1.29 is 18.7 Å². The number of anilines is 1. The van der Waals surface area contributed by atoms with E-state index in [2.05, 4.69) is 4.98 Å². The first-order valence-corrected chi connectivity index (χ1v) is 9.74. The fraction of sp³-hybridized carbons (Fsp3) is 0.476. The van der Waals surface area contributed by atoms with Gasteiger partial charge in [0, 0.05) is 33.4 Å². The second-order valence-electron chi connectivity index (χ2n) is 7.67. The highest BCUT2D eigenvalue weighted by Crippen LogP contribution is 2.41. The SMILES string of the molecule is COc1ccc(F)cc1C(=O)N1CCC2(CC1)OCCc1cnc(N(C)C)nc12. The Bertz CT molecular complexity index is 926. The zero-order chi connectivity index (χ0) is 20.6. The van der Waals surface area contributed by atoms with E-state index < -0.39 is 11.4 Å². The van der Waals surface area contributed by atoms with Crippen molar-refractivity contribution in [3.05, 3.63) is 47.0 Å². The molecule has 2 aliphatic heterocycles. The molecule has 8 heteroatoms. The highest BCUT2D eigenvalue weighted by Gasteiger charge is 2.43. The second kappa shape index (κ2) is 7.59. The minimum atomic E-state index is -0.510. The maximum Gasteiger partial charge on any atom is 0.257 e. The van der Waals surface area contributed by atoms with Gasteiger partial charge in [0.25, 0.3) is 5.91 Å². The number of hydrogen-bond donors (Lipinski definition) is 0. The monoisotopic (exact) mass is 400 g/mol. The van der Waals surface area contributed by atoms with E-state index in [-0.39, 0.29) is 11.5 Å². The van der Waals surface area contributed by atoms with Crippen molar-refractivity contribution >= 4 is 11.9 Å². The average molecular weight is 400 g/mol. The lowest BCUT2D eigenvalue weighted by Gasteiger charge is -2.44. The van der Waals surface area contributed by atoms with Gasteiger partial charge in [0.15, 0.2) is 0 Å². The molecule has 1 aromatic carbocycles. The number of carbonyl (C=O) groups is 1. The van der Waals surface area contributed by atoms with E-state index in [1.54, 1.807) is 4.90 Å².